The summed E-state index contributed by atoms with van der Waals surface area (Å²) in [5, 5.41) is 3.24. The standard InChI is InChI=1S/C23H27N7O5/c1-32-16-9-13(10-17(33-2)20(16)34-3)29-11-18(25-12-29)27-22-19-14(6-8-35-19)26-23(28-22)30-7-4-5-15(30)21(24)31/h9-12,15H,4-8H2,1-3H3,(H2,24,31)(H,26,27,28)/t15-/m1/s1. The number of nitrogens with one attached hydrogen (secondary N) is 1. The molecular weight excluding hydrogens is 454 g/mol. The van der Waals surface area contributed by atoms with Crippen LogP contribution in [-0.2, 0) is 11.2 Å². The number of ether oxygens (including phenoxy) is 4. The summed E-state index contributed by atoms with van der Waals surface area (Å²) in [5.74, 6) is 3.29. The van der Waals surface area contributed by atoms with E-state index in [-0.39, 0.29) is 5.91 Å². The normalized spacial score (nSPS) is 16.5. The first-order chi connectivity index (χ1) is 17.0. The van der Waals surface area contributed by atoms with E-state index in [2.05, 4.69) is 20.3 Å². The van der Waals surface area contributed by atoms with Crippen LogP contribution in [0.3, 0.4) is 0 Å². The van der Waals surface area contributed by atoms with E-state index in [9.17, 15) is 4.79 Å². The van der Waals surface area contributed by atoms with Gasteiger partial charge in [-0.1, -0.05) is 0 Å². The number of hydrogen-bond acceptors (Lipinski definition) is 10. The highest BCUT2D eigenvalue weighted by Gasteiger charge is 2.33. The highest BCUT2D eigenvalue weighted by Crippen LogP contribution is 2.40. The van der Waals surface area contributed by atoms with E-state index in [1.54, 1.807) is 27.7 Å². The van der Waals surface area contributed by atoms with Gasteiger partial charge in [0.2, 0.25) is 17.6 Å². The highest BCUT2D eigenvalue weighted by atomic mass is 16.5. The third kappa shape index (κ3) is 4.11. The van der Waals surface area contributed by atoms with Crippen molar-refractivity contribution >= 4 is 23.5 Å². The number of imidazole rings is 1. The van der Waals surface area contributed by atoms with Crippen LogP contribution >= 0.6 is 0 Å². The summed E-state index contributed by atoms with van der Waals surface area (Å²) in [7, 11) is 4.69. The maximum Gasteiger partial charge on any atom is 0.240 e. The number of rotatable bonds is 8. The van der Waals surface area contributed by atoms with E-state index in [1.165, 1.54) is 0 Å². The largest absolute Gasteiger partial charge is 0.493 e. The van der Waals surface area contributed by atoms with Crippen molar-refractivity contribution in [3.05, 3.63) is 30.4 Å². The van der Waals surface area contributed by atoms with Crippen LogP contribution in [0.2, 0.25) is 0 Å². The fourth-order valence-corrected chi connectivity index (χ4v) is 4.44. The summed E-state index contributed by atoms with van der Waals surface area (Å²) < 4.78 is 23.9. The predicted octanol–water partition coefficient (Wildman–Crippen LogP) is 1.82. The Bertz CT molecular complexity index is 1240. The fourth-order valence-electron chi connectivity index (χ4n) is 4.44. The zero-order valence-electron chi connectivity index (χ0n) is 19.8. The topological polar surface area (TPSA) is 139 Å². The number of benzene rings is 1. The number of carbonyl (C=O) groups excluding carboxylic acids is 1. The van der Waals surface area contributed by atoms with Crippen molar-refractivity contribution in [3.8, 4) is 28.7 Å². The molecule has 2 aliphatic heterocycles. The lowest BCUT2D eigenvalue weighted by atomic mass is 10.2. The first kappa shape index (κ1) is 22.6. The van der Waals surface area contributed by atoms with Crippen molar-refractivity contribution in [2.24, 2.45) is 5.73 Å². The lowest BCUT2D eigenvalue weighted by molar-refractivity contribution is -0.119. The van der Waals surface area contributed by atoms with Crippen molar-refractivity contribution in [2.75, 3.05) is 44.7 Å². The van der Waals surface area contributed by atoms with Crippen LogP contribution in [0.25, 0.3) is 5.69 Å². The Kier molecular flexibility index (Phi) is 5.93. The zero-order chi connectivity index (χ0) is 24.5. The van der Waals surface area contributed by atoms with Gasteiger partial charge in [-0.25, -0.2) is 9.97 Å². The van der Waals surface area contributed by atoms with Gasteiger partial charge in [0, 0.05) is 25.1 Å². The number of primary amides is 1. The molecule has 12 heteroatoms. The maximum absolute atomic E-state index is 11.9. The van der Waals surface area contributed by atoms with E-state index in [0.29, 0.717) is 66.6 Å². The van der Waals surface area contributed by atoms with Gasteiger partial charge in [-0.05, 0) is 12.8 Å². The molecule has 2 aromatic heterocycles. The van der Waals surface area contributed by atoms with Gasteiger partial charge in [-0.15, -0.1) is 0 Å². The molecule has 0 radical (unpaired) electrons. The Morgan fingerprint density at radius 2 is 1.94 bits per heavy atom. The minimum absolute atomic E-state index is 0.374. The van der Waals surface area contributed by atoms with Crippen LogP contribution in [0.1, 0.15) is 18.5 Å². The van der Waals surface area contributed by atoms with Gasteiger partial charge >= 0.3 is 0 Å². The molecule has 3 aromatic rings. The van der Waals surface area contributed by atoms with Crippen molar-refractivity contribution < 1.29 is 23.7 Å². The SMILES string of the molecule is COc1cc(-n2cnc(Nc3nc(N4CCC[C@@H]4C(N)=O)nc4c3OCC4)c2)cc(OC)c1OC. The number of hydrogen-bond donors (Lipinski definition) is 2. The molecule has 5 rings (SSSR count). The Balaban J connectivity index is 1.46. The van der Waals surface area contributed by atoms with Gasteiger partial charge < -0.3 is 39.5 Å². The molecule has 0 spiro atoms. The lowest BCUT2D eigenvalue weighted by Gasteiger charge is -2.23. The van der Waals surface area contributed by atoms with Gasteiger partial charge in [-0.3, -0.25) is 4.79 Å². The van der Waals surface area contributed by atoms with Crippen LogP contribution in [0.4, 0.5) is 17.6 Å². The third-order valence-corrected chi connectivity index (χ3v) is 6.12. The maximum atomic E-state index is 11.9. The van der Waals surface area contributed by atoms with Crippen molar-refractivity contribution in [2.45, 2.75) is 25.3 Å². The minimum Gasteiger partial charge on any atom is -0.493 e. The number of nitrogens with zero attached hydrogens (tertiary/aromatic N) is 5. The quantitative estimate of drug-likeness (QED) is 0.490. The Hall–Kier alpha value is -4.22. The zero-order valence-corrected chi connectivity index (χ0v) is 19.8. The summed E-state index contributed by atoms with van der Waals surface area (Å²) in [6.45, 7) is 1.18. The van der Waals surface area contributed by atoms with Crippen LogP contribution in [0, 0.1) is 0 Å². The molecule has 184 valence electrons. The van der Waals surface area contributed by atoms with Gasteiger partial charge in [0.25, 0.3) is 0 Å². The molecule has 0 bridgehead atoms. The molecule has 1 atom stereocenters. The number of nitrogens with two attached hydrogens (primary N) is 1. The summed E-state index contributed by atoms with van der Waals surface area (Å²) in [6, 6.07) is 3.24. The molecular formula is C23H27N7O5. The van der Waals surface area contributed by atoms with Crippen molar-refractivity contribution in [1.82, 2.24) is 19.5 Å². The monoisotopic (exact) mass is 481 g/mol. The second-order valence-corrected chi connectivity index (χ2v) is 8.18. The first-order valence-corrected chi connectivity index (χ1v) is 11.2. The first-order valence-electron chi connectivity index (χ1n) is 11.2. The molecule has 0 unspecified atom stereocenters. The summed E-state index contributed by atoms with van der Waals surface area (Å²) in [5.41, 5.74) is 7.16. The van der Waals surface area contributed by atoms with E-state index < -0.39 is 6.04 Å². The van der Waals surface area contributed by atoms with Crippen LogP contribution in [0.15, 0.2) is 24.7 Å². The van der Waals surface area contributed by atoms with E-state index >= 15 is 0 Å². The summed E-state index contributed by atoms with van der Waals surface area (Å²) in [6.07, 6.45) is 5.68. The fraction of sp³-hybridized carbons (Fsp3) is 0.391. The van der Waals surface area contributed by atoms with Crippen LogP contribution in [0.5, 0.6) is 23.0 Å². The van der Waals surface area contributed by atoms with Crippen LogP contribution in [-0.4, -0.2) is 65.9 Å². The molecule has 35 heavy (non-hydrogen) atoms. The van der Waals surface area contributed by atoms with E-state index in [4.69, 9.17) is 24.7 Å². The average molecular weight is 482 g/mol. The second kappa shape index (κ2) is 9.20. The van der Waals surface area contributed by atoms with Gasteiger partial charge in [-0.2, -0.15) is 4.98 Å². The molecule has 1 saturated heterocycles. The van der Waals surface area contributed by atoms with Crippen LogP contribution < -0.4 is 34.9 Å². The number of fused-ring (bicyclic) bond motifs is 1. The second-order valence-electron chi connectivity index (χ2n) is 8.18. The third-order valence-electron chi connectivity index (χ3n) is 6.12. The lowest BCUT2D eigenvalue weighted by Crippen LogP contribution is -2.41. The van der Waals surface area contributed by atoms with Crippen molar-refractivity contribution in [1.29, 1.82) is 0 Å². The molecule has 1 amide bonds. The summed E-state index contributed by atoms with van der Waals surface area (Å²) >= 11 is 0. The number of methoxy groups -OCH3 is 3. The number of carbonyl (C=O) groups is 1. The molecule has 1 aromatic carbocycles. The van der Waals surface area contributed by atoms with E-state index in [0.717, 1.165) is 17.8 Å². The van der Waals surface area contributed by atoms with Crippen molar-refractivity contribution in [3.63, 3.8) is 0 Å². The molecule has 1 fully saturated rings. The molecule has 4 heterocycles. The molecule has 3 N–H and O–H groups in total. The highest BCUT2D eigenvalue weighted by molar-refractivity contribution is 5.83. The van der Waals surface area contributed by atoms with E-state index in [1.807, 2.05) is 27.8 Å². The molecule has 0 saturated carbocycles. The Morgan fingerprint density at radius 1 is 1.17 bits per heavy atom. The molecule has 2 aliphatic rings. The Morgan fingerprint density at radius 3 is 2.63 bits per heavy atom. The predicted molar refractivity (Wildman–Crippen MR) is 127 cm³/mol. The summed E-state index contributed by atoms with van der Waals surface area (Å²) in [4.78, 5) is 27.6. The minimum atomic E-state index is -0.414. The van der Waals surface area contributed by atoms with Gasteiger partial charge in [0.1, 0.15) is 18.2 Å². The Labute approximate surface area is 202 Å². The number of amides is 1. The number of anilines is 3. The number of aromatic nitrogens is 4. The van der Waals surface area contributed by atoms with Gasteiger partial charge in [0.15, 0.2) is 23.1 Å². The molecule has 0 aliphatic carbocycles. The van der Waals surface area contributed by atoms with Gasteiger partial charge in [0.05, 0.1) is 45.5 Å². The average Bonchev–Trinajstić information content (AvgIpc) is 3.63. The smallest absolute Gasteiger partial charge is 0.240 e. The molecule has 12 nitrogen and oxygen atoms in total.